The van der Waals surface area contributed by atoms with Crippen molar-refractivity contribution >= 4 is 11.6 Å². The lowest BCUT2D eigenvalue weighted by atomic mass is 10.1. The normalized spacial score (nSPS) is 32.0. The van der Waals surface area contributed by atoms with Crippen LogP contribution in [0, 0.1) is 0 Å². The molecule has 136 valence electrons. The van der Waals surface area contributed by atoms with Crippen molar-refractivity contribution in [3.8, 4) is 0 Å². The van der Waals surface area contributed by atoms with Crippen LogP contribution in [0.5, 0.6) is 0 Å². The summed E-state index contributed by atoms with van der Waals surface area (Å²) in [7, 11) is 1.87. The Morgan fingerprint density at radius 3 is 2.56 bits per heavy atom. The molecule has 2 unspecified atom stereocenters. The van der Waals surface area contributed by atoms with E-state index >= 15 is 0 Å². The molecule has 0 spiro atoms. The predicted molar refractivity (Wildman–Crippen MR) is 103 cm³/mol. The number of fused-ring (bicyclic) bond motifs is 3. The highest BCUT2D eigenvalue weighted by Gasteiger charge is 2.31. The maximum atomic E-state index is 4.44. The fourth-order valence-corrected chi connectivity index (χ4v) is 4.27. The van der Waals surface area contributed by atoms with Gasteiger partial charge in [-0.3, -0.25) is 14.8 Å². The van der Waals surface area contributed by atoms with Gasteiger partial charge < -0.3 is 15.5 Å². The number of rotatable bonds is 4. The first-order valence-corrected chi connectivity index (χ1v) is 9.55. The van der Waals surface area contributed by atoms with E-state index in [2.05, 4.69) is 60.7 Å². The Morgan fingerprint density at radius 1 is 1.08 bits per heavy atom. The molecule has 0 aliphatic carbocycles. The topological polar surface area (TPSA) is 46.1 Å². The van der Waals surface area contributed by atoms with Gasteiger partial charge in [-0.25, -0.2) is 0 Å². The largest absolute Gasteiger partial charge is 0.369 e. The first kappa shape index (κ1) is 16.7. The fraction of sp³-hybridized carbons (Fsp3) is 0.632. The van der Waals surface area contributed by atoms with E-state index in [1.165, 1.54) is 38.4 Å². The first-order valence-electron chi connectivity index (χ1n) is 9.55. The zero-order valence-electron chi connectivity index (χ0n) is 15.2. The fourth-order valence-electron chi connectivity index (χ4n) is 4.27. The number of anilines is 1. The van der Waals surface area contributed by atoms with Crippen molar-refractivity contribution in [1.29, 1.82) is 0 Å². The second-order valence-corrected chi connectivity index (χ2v) is 7.36. The van der Waals surface area contributed by atoms with Gasteiger partial charge in [-0.1, -0.05) is 18.2 Å². The maximum absolute atomic E-state index is 4.44. The molecule has 25 heavy (non-hydrogen) atoms. The standard InChI is InChI=1S/C19H30N6/c1-20-19(21-13-18-15-23-9-11-24(18)12-10-23)22-16-7-8-25(14-16)17-5-3-2-4-6-17/h2-6,16,18H,7-15H2,1H3,(H2,20,21,22). The molecular formula is C19H30N6. The number of hydrogen-bond donors (Lipinski definition) is 2. The summed E-state index contributed by atoms with van der Waals surface area (Å²) in [4.78, 5) is 12.1. The molecule has 4 aliphatic rings. The van der Waals surface area contributed by atoms with Gasteiger partial charge in [0.2, 0.25) is 0 Å². The average molecular weight is 342 g/mol. The van der Waals surface area contributed by atoms with Gasteiger partial charge in [0.25, 0.3) is 0 Å². The molecule has 2 N–H and O–H groups in total. The lowest BCUT2D eigenvalue weighted by Gasteiger charge is -2.47. The van der Waals surface area contributed by atoms with Gasteiger partial charge in [-0.2, -0.15) is 0 Å². The lowest BCUT2D eigenvalue weighted by molar-refractivity contribution is 0.0154. The molecule has 4 saturated heterocycles. The minimum Gasteiger partial charge on any atom is -0.369 e. The quantitative estimate of drug-likeness (QED) is 0.614. The van der Waals surface area contributed by atoms with Crippen molar-refractivity contribution in [2.75, 3.05) is 64.3 Å². The van der Waals surface area contributed by atoms with E-state index in [0.29, 0.717) is 12.1 Å². The van der Waals surface area contributed by atoms with E-state index in [4.69, 9.17) is 0 Å². The minimum atomic E-state index is 0.457. The third-order valence-electron chi connectivity index (χ3n) is 5.77. The zero-order valence-corrected chi connectivity index (χ0v) is 15.2. The summed E-state index contributed by atoms with van der Waals surface area (Å²) < 4.78 is 0. The molecule has 6 nitrogen and oxygen atoms in total. The molecule has 1 aromatic carbocycles. The highest BCUT2D eigenvalue weighted by molar-refractivity contribution is 5.80. The summed E-state index contributed by atoms with van der Waals surface area (Å²) in [5, 5.41) is 7.17. The van der Waals surface area contributed by atoms with E-state index in [9.17, 15) is 0 Å². The van der Waals surface area contributed by atoms with Crippen LogP contribution in [0.2, 0.25) is 0 Å². The summed E-state index contributed by atoms with van der Waals surface area (Å²) in [6.45, 7) is 9.21. The molecule has 2 bridgehead atoms. The Hall–Kier alpha value is -1.79. The van der Waals surface area contributed by atoms with Gasteiger partial charge in [-0.05, 0) is 18.6 Å². The number of benzene rings is 1. The summed E-state index contributed by atoms with van der Waals surface area (Å²) in [6.07, 6.45) is 1.15. The van der Waals surface area contributed by atoms with Gasteiger partial charge >= 0.3 is 0 Å². The minimum absolute atomic E-state index is 0.457. The van der Waals surface area contributed by atoms with Gasteiger partial charge in [0.1, 0.15) is 0 Å². The Morgan fingerprint density at radius 2 is 1.88 bits per heavy atom. The SMILES string of the molecule is CN=C(NCC1CN2CCN1CC2)NC1CCN(c2ccccc2)C1. The third-order valence-corrected chi connectivity index (χ3v) is 5.77. The van der Waals surface area contributed by atoms with Crippen LogP contribution in [-0.4, -0.2) is 87.2 Å². The second-order valence-electron chi connectivity index (χ2n) is 7.36. The van der Waals surface area contributed by atoms with E-state index in [1.807, 2.05) is 7.05 Å². The van der Waals surface area contributed by atoms with Crippen LogP contribution in [0.1, 0.15) is 6.42 Å². The summed E-state index contributed by atoms with van der Waals surface area (Å²) in [5.74, 6) is 0.942. The summed E-state index contributed by atoms with van der Waals surface area (Å²) in [5.41, 5.74) is 1.31. The molecule has 0 amide bonds. The van der Waals surface area contributed by atoms with Crippen molar-refractivity contribution in [2.24, 2.45) is 4.99 Å². The van der Waals surface area contributed by atoms with Crippen molar-refractivity contribution in [3.63, 3.8) is 0 Å². The molecule has 4 heterocycles. The van der Waals surface area contributed by atoms with Gasteiger partial charge in [0, 0.05) is 77.2 Å². The van der Waals surface area contributed by atoms with Crippen molar-refractivity contribution in [3.05, 3.63) is 30.3 Å². The van der Waals surface area contributed by atoms with E-state index < -0.39 is 0 Å². The molecule has 0 aromatic heterocycles. The molecule has 0 radical (unpaired) electrons. The molecule has 1 aromatic rings. The average Bonchev–Trinajstić information content (AvgIpc) is 3.15. The Labute approximate surface area is 150 Å². The second kappa shape index (κ2) is 7.62. The van der Waals surface area contributed by atoms with Crippen LogP contribution in [0.15, 0.2) is 35.3 Å². The van der Waals surface area contributed by atoms with Gasteiger partial charge in [0.05, 0.1) is 0 Å². The number of nitrogens with one attached hydrogen (secondary N) is 2. The Kier molecular flexibility index (Phi) is 5.08. The number of guanidine groups is 1. The Balaban J connectivity index is 1.25. The number of piperazine rings is 3. The smallest absolute Gasteiger partial charge is 0.191 e. The highest BCUT2D eigenvalue weighted by atomic mass is 15.4. The van der Waals surface area contributed by atoms with Crippen LogP contribution in [0.3, 0.4) is 0 Å². The highest BCUT2D eigenvalue weighted by Crippen LogP contribution is 2.19. The third kappa shape index (κ3) is 3.90. The van der Waals surface area contributed by atoms with Crippen LogP contribution >= 0.6 is 0 Å². The molecule has 6 heteroatoms. The number of para-hydroxylation sites is 1. The summed E-state index contributed by atoms with van der Waals surface area (Å²) >= 11 is 0. The van der Waals surface area contributed by atoms with Crippen LogP contribution < -0.4 is 15.5 Å². The number of aliphatic imine (C=N–C) groups is 1. The maximum Gasteiger partial charge on any atom is 0.191 e. The number of hydrogen-bond acceptors (Lipinski definition) is 4. The van der Waals surface area contributed by atoms with Gasteiger partial charge in [-0.15, -0.1) is 0 Å². The van der Waals surface area contributed by atoms with Crippen LogP contribution in [-0.2, 0) is 0 Å². The molecule has 4 aliphatic heterocycles. The zero-order chi connectivity index (χ0) is 17.1. The monoisotopic (exact) mass is 342 g/mol. The molecule has 5 rings (SSSR count). The van der Waals surface area contributed by atoms with E-state index in [1.54, 1.807) is 0 Å². The van der Waals surface area contributed by atoms with Gasteiger partial charge in [0.15, 0.2) is 5.96 Å². The van der Waals surface area contributed by atoms with Crippen molar-refractivity contribution in [2.45, 2.75) is 18.5 Å². The molecule has 2 atom stereocenters. The van der Waals surface area contributed by atoms with Crippen LogP contribution in [0.25, 0.3) is 0 Å². The van der Waals surface area contributed by atoms with Crippen LogP contribution in [0.4, 0.5) is 5.69 Å². The van der Waals surface area contributed by atoms with Crippen molar-refractivity contribution < 1.29 is 0 Å². The van der Waals surface area contributed by atoms with E-state index in [-0.39, 0.29) is 0 Å². The Bertz CT molecular complexity index is 581. The first-order chi connectivity index (χ1) is 12.3. The lowest BCUT2D eigenvalue weighted by Crippen LogP contribution is -2.64. The summed E-state index contributed by atoms with van der Waals surface area (Å²) in [6, 6.07) is 11.8. The molecule has 0 saturated carbocycles. The van der Waals surface area contributed by atoms with E-state index in [0.717, 1.165) is 32.0 Å². The predicted octanol–water partition coefficient (Wildman–Crippen LogP) is 0.430. The van der Waals surface area contributed by atoms with Crippen molar-refractivity contribution in [1.82, 2.24) is 20.4 Å². The number of nitrogens with zero attached hydrogens (tertiary/aromatic N) is 4. The molecule has 4 fully saturated rings. The molecular weight excluding hydrogens is 312 g/mol.